The van der Waals surface area contributed by atoms with E-state index in [1.54, 1.807) is 27.7 Å². The topological polar surface area (TPSA) is 107 Å². The van der Waals surface area contributed by atoms with Crippen LogP contribution in [0.3, 0.4) is 0 Å². The molecule has 2 unspecified atom stereocenters. The minimum atomic E-state index is -0.946. The molecule has 2 atom stereocenters. The third-order valence-corrected chi connectivity index (χ3v) is 2.86. The minimum absolute atomic E-state index is 0.441. The van der Waals surface area contributed by atoms with Gasteiger partial charge in [0.15, 0.2) is 0 Å². The summed E-state index contributed by atoms with van der Waals surface area (Å²) in [7, 11) is 0. The molecule has 0 spiro atoms. The summed E-state index contributed by atoms with van der Waals surface area (Å²) in [5.74, 6) is -1.60. The predicted molar refractivity (Wildman–Crippen MR) is 66.5 cm³/mol. The molecule has 0 aliphatic rings. The van der Waals surface area contributed by atoms with Crippen LogP contribution in [0.4, 0.5) is 10.5 Å². The van der Waals surface area contributed by atoms with Crippen molar-refractivity contribution in [3.8, 4) is 0 Å². The van der Waals surface area contributed by atoms with Gasteiger partial charge in [-0.15, -0.1) is 0 Å². The summed E-state index contributed by atoms with van der Waals surface area (Å²) in [6.07, 6.45) is 0. The van der Waals surface area contributed by atoms with Gasteiger partial charge in [-0.25, -0.2) is 4.79 Å². The number of nitrogens with one attached hydrogen (secondary N) is 3. The number of aliphatic carboxylic acids is 1. The summed E-state index contributed by atoms with van der Waals surface area (Å²) in [4.78, 5) is 22.5. The zero-order valence-corrected chi connectivity index (χ0v) is 10.9. The predicted octanol–water partition coefficient (Wildman–Crippen LogP) is 1.26. The van der Waals surface area contributed by atoms with Crippen molar-refractivity contribution < 1.29 is 14.7 Å². The number of amides is 2. The van der Waals surface area contributed by atoms with Gasteiger partial charge in [-0.3, -0.25) is 9.89 Å². The molecule has 18 heavy (non-hydrogen) atoms. The monoisotopic (exact) mass is 254 g/mol. The molecule has 100 valence electrons. The first-order chi connectivity index (χ1) is 8.32. The Bertz CT molecular complexity index is 436. The average Bonchev–Trinajstić information content (AvgIpc) is 2.59. The fourth-order valence-electron chi connectivity index (χ4n) is 1.43. The van der Waals surface area contributed by atoms with Crippen molar-refractivity contribution in [1.29, 1.82) is 0 Å². The van der Waals surface area contributed by atoms with Crippen molar-refractivity contribution in [1.82, 2.24) is 15.5 Å². The van der Waals surface area contributed by atoms with Crippen molar-refractivity contribution in [2.45, 2.75) is 33.7 Å². The van der Waals surface area contributed by atoms with Crippen LogP contribution in [0.2, 0.25) is 0 Å². The molecule has 7 heteroatoms. The lowest BCUT2D eigenvalue weighted by Gasteiger charge is -2.18. The number of rotatable bonds is 4. The molecule has 0 fully saturated rings. The van der Waals surface area contributed by atoms with E-state index in [2.05, 4.69) is 20.8 Å². The number of aromatic amines is 1. The van der Waals surface area contributed by atoms with E-state index in [-0.39, 0.29) is 0 Å². The van der Waals surface area contributed by atoms with E-state index in [0.717, 1.165) is 5.69 Å². The Labute approximate surface area is 105 Å². The molecule has 4 N–H and O–H groups in total. The molecule has 0 aromatic carbocycles. The zero-order valence-electron chi connectivity index (χ0n) is 10.9. The van der Waals surface area contributed by atoms with E-state index in [9.17, 15) is 9.59 Å². The minimum Gasteiger partial charge on any atom is -0.481 e. The standard InChI is InChI=1S/C11H18N4O3/c1-5(10(16)17)6(2)12-11(18)13-9-7(3)14-15-8(9)4/h5-6H,1-4H3,(H,14,15)(H,16,17)(H2,12,13,18). The first-order valence-corrected chi connectivity index (χ1v) is 5.64. The number of hydrogen-bond donors (Lipinski definition) is 4. The third kappa shape index (κ3) is 3.22. The van der Waals surface area contributed by atoms with Gasteiger partial charge in [0, 0.05) is 6.04 Å². The van der Waals surface area contributed by atoms with Crippen LogP contribution >= 0.6 is 0 Å². The van der Waals surface area contributed by atoms with E-state index < -0.39 is 24.0 Å². The highest BCUT2D eigenvalue weighted by atomic mass is 16.4. The summed E-state index contributed by atoms with van der Waals surface area (Å²) in [5.41, 5.74) is 2.05. The molecular formula is C11H18N4O3. The number of H-pyrrole nitrogens is 1. The Balaban J connectivity index is 2.60. The molecule has 1 rings (SSSR count). The second-order valence-electron chi connectivity index (χ2n) is 4.32. The maximum atomic E-state index is 11.7. The number of aromatic nitrogens is 2. The molecule has 2 amide bonds. The molecule has 1 aromatic rings. The summed E-state index contributed by atoms with van der Waals surface area (Å²) >= 11 is 0. The Kier molecular flexibility index (Phi) is 4.30. The number of urea groups is 1. The van der Waals surface area contributed by atoms with E-state index in [4.69, 9.17) is 5.11 Å². The second-order valence-corrected chi connectivity index (χ2v) is 4.32. The van der Waals surface area contributed by atoms with Gasteiger partial charge < -0.3 is 15.7 Å². The molecule has 1 heterocycles. The lowest BCUT2D eigenvalue weighted by molar-refractivity contribution is -0.141. The highest BCUT2D eigenvalue weighted by Crippen LogP contribution is 2.15. The fourth-order valence-corrected chi connectivity index (χ4v) is 1.43. The summed E-state index contributed by atoms with van der Waals surface area (Å²) in [6, 6.07) is -0.904. The summed E-state index contributed by atoms with van der Waals surface area (Å²) in [6.45, 7) is 6.75. The van der Waals surface area contributed by atoms with Crippen molar-refractivity contribution in [3.63, 3.8) is 0 Å². The molecule has 7 nitrogen and oxygen atoms in total. The number of carboxylic acid groups (broad SMARTS) is 1. The number of anilines is 1. The first kappa shape index (κ1) is 14.0. The SMILES string of the molecule is Cc1n[nH]c(C)c1NC(=O)NC(C)C(C)C(=O)O. The number of carboxylic acids is 1. The maximum absolute atomic E-state index is 11.7. The van der Waals surface area contributed by atoms with Gasteiger partial charge in [-0.05, 0) is 27.7 Å². The van der Waals surface area contributed by atoms with Crippen LogP contribution in [0.15, 0.2) is 0 Å². The van der Waals surface area contributed by atoms with Crippen LogP contribution in [0.1, 0.15) is 25.2 Å². The molecule has 0 aliphatic carbocycles. The summed E-state index contributed by atoms with van der Waals surface area (Å²) in [5, 5.41) is 20.8. The van der Waals surface area contributed by atoms with Gasteiger partial charge in [0.1, 0.15) is 0 Å². The Morgan fingerprint density at radius 2 is 1.94 bits per heavy atom. The Hall–Kier alpha value is -2.05. The lowest BCUT2D eigenvalue weighted by Crippen LogP contribution is -2.42. The van der Waals surface area contributed by atoms with Gasteiger partial charge in [0.2, 0.25) is 0 Å². The van der Waals surface area contributed by atoms with Crippen LogP contribution in [-0.2, 0) is 4.79 Å². The number of hydrogen-bond acceptors (Lipinski definition) is 3. The first-order valence-electron chi connectivity index (χ1n) is 5.64. The van der Waals surface area contributed by atoms with Crippen molar-refractivity contribution in [2.75, 3.05) is 5.32 Å². The quantitative estimate of drug-likeness (QED) is 0.648. The number of aryl methyl sites for hydroxylation is 2. The van der Waals surface area contributed by atoms with E-state index in [1.807, 2.05) is 0 Å². The normalized spacial score (nSPS) is 13.8. The smallest absolute Gasteiger partial charge is 0.319 e. The van der Waals surface area contributed by atoms with Crippen molar-refractivity contribution in [2.24, 2.45) is 5.92 Å². The van der Waals surface area contributed by atoms with Gasteiger partial charge >= 0.3 is 12.0 Å². The van der Waals surface area contributed by atoms with Gasteiger partial charge in [-0.1, -0.05) is 0 Å². The van der Waals surface area contributed by atoms with Gasteiger partial charge in [0.25, 0.3) is 0 Å². The van der Waals surface area contributed by atoms with E-state index in [1.165, 1.54) is 0 Å². The van der Waals surface area contributed by atoms with Gasteiger partial charge in [-0.2, -0.15) is 5.10 Å². The number of carbonyl (C=O) groups excluding carboxylic acids is 1. The zero-order chi connectivity index (χ0) is 13.9. The molecular weight excluding hydrogens is 236 g/mol. The van der Waals surface area contributed by atoms with Crippen LogP contribution in [-0.4, -0.2) is 33.3 Å². The highest BCUT2D eigenvalue weighted by Gasteiger charge is 2.21. The maximum Gasteiger partial charge on any atom is 0.319 e. The summed E-state index contributed by atoms with van der Waals surface area (Å²) < 4.78 is 0. The Morgan fingerprint density at radius 1 is 1.33 bits per heavy atom. The molecule has 0 saturated heterocycles. The van der Waals surface area contributed by atoms with Crippen LogP contribution < -0.4 is 10.6 Å². The highest BCUT2D eigenvalue weighted by molar-refractivity contribution is 5.91. The molecule has 0 radical (unpaired) electrons. The fraction of sp³-hybridized carbons (Fsp3) is 0.545. The molecule has 0 aliphatic heterocycles. The van der Waals surface area contributed by atoms with Crippen molar-refractivity contribution in [3.05, 3.63) is 11.4 Å². The molecule has 0 saturated carbocycles. The average molecular weight is 254 g/mol. The van der Waals surface area contributed by atoms with Crippen molar-refractivity contribution >= 4 is 17.7 Å². The third-order valence-electron chi connectivity index (χ3n) is 2.86. The lowest BCUT2D eigenvalue weighted by atomic mass is 10.0. The number of carbonyl (C=O) groups is 2. The second kappa shape index (κ2) is 5.52. The molecule has 0 bridgehead atoms. The van der Waals surface area contributed by atoms with Crippen LogP contribution in [0.5, 0.6) is 0 Å². The number of nitrogens with zero attached hydrogens (tertiary/aromatic N) is 1. The van der Waals surface area contributed by atoms with Crippen LogP contribution in [0, 0.1) is 19.8 Å². The van der Waals surface area contributed by atoms with Gasteiger partial charge in [0.05, 0.1) is 23.0 Å². The van der Waals surface area contributed by atoms with Crippen LogP contribution in [0.25, 0.3) is 0 Å². The Morgan fingerprint density at radius 3 is 2.39 bits per heavy atom. The molecule has 1 aromatic heterocycles. The van der Waals surface area contributed by atoms with E-state index >= 15 is 0 Å². The largest absolute Gasteiger partial charge is 0.481 e. The van der Waals surface area contributed by atoms with E-state index in [0.29, 0.717) is 11.4 Å².